The van der Waals surface area contributed by atoms with Gasteiger partial charge in [0.25, 0.3) is 0 Å². The van der Waals surface area contributed by atoms with Gasteiger partial charge in [-0.1, -0.05) is 12.1 Å². The maximum absolute atomic E-state index is 12.2. The molecule has 2 aromatic rings. The number of hydrogen-bond acceptors (Lipinski definition) is 4. The molecule has 0 amide bonds. The molecule has 1 saturated carbocycles. The molecule has 0 unspecified atom stereocenters. The third-order valence-corrected chi connectivity index (χ3v) is 5.69. The van der Waals surface area contributed by atoms with Gasteiger partial charge < -0.3 is 0 Å². The van der Waals surface area contributed by atoms with Crippen molar-refractivity contribution in [3.8, 4) is 0 Å². The smallest absolute Gasteiger partial charge is 0.240 e. The van der Waals surface area contributed by atoms with E-state index in [-0.39, 0.29) is 6.54 Å². The van der Waals surface area contributed by atoms with Gasteiger partial charge in [-0.2, -0.15) is 0 Å². The summed E-state index contributed by atoms with van der Waals surface area (Å²) in [4.78, 5) is 4.78. The zero-order valence-electron chi connectivity index (χ0n) is 11.2. The average molecular weight is 308 g/mol. The van der Waals surface area contributed by atoms with E-state index in [0.29, 0.717) is 10.8 Å². The quantitative estimate of drug-likeness (QED) is 0.924. The summed E-state index contributed by atoms with van der Waals surface area (Å²) in [6.07, 6.45) is 2.42. The van der Waals surface area contributed by atoms with E-state index >= 15 is 0 Å². The van der Waals surface area contributed by atoms with E-state index in [9.17, 15) is 8.42 Å². The molecule has 106 valence electrons. The highest BCUT2D eigenvalue weighted by atomic mass is 32.2. The van der Waals surface area contributed by atoms with Crippen LogP contribution in [0.1, 0.15) is 35.0 Å². The van der Waals surface area contributed by atoms with Crippen molar-refractivity contribution in [3.63, 3.8) is 0 Å². The van der Waals surface area contributed by atoms with Crippen molar-refractivity contribution < 1.29 is 8.42 Å². The number of aryl methyl sites for hydroxylation is 1. The molecule has 3 rings (SSSR count). The predicted molar refractivity (Wildman–Crippen MR) is 79.3 cm³/mol. The molecule has 1 N–H and O–H groups in total. The fraction of sp³-hybridized carbons (Fsp3) is 0.357. The first-order valence-corrected chi connectivity index (χ1v) is 8.91. The number of sulfonamides is 1. The molecule has 4 nitrogen and oxygen atoms in total. The van der Waals surface area contributed by atoms with Crippen LogP contribution in [0.5, 0.6) is 0 Å². The second-order valence-electron chi connectivity index (χ2n) is 5.09. The van der Waals surface area contributed by atoms with E-state index in [1.807, 2.05) is 18.4 Å². The van der Waals surface area contributed by atoms with E-state index in [4.69, 9.17) is 0 Å². The maximum Gasteiger partial charge on any atom is 0.240 e. The molecule has 0 bridgehead atoms. The summed E-state index contributed by atoms with van der Waals surface area (Å²) in [5.74, 6) is 0.613. The number of benzene rings is 1. The van der Waals surface area contributed by atoms with Gasteiger partial charge >= 0.3 is 0 Å². The number of nitrogens with one attached hydrogen (secondary N) is 1. The van der Waals surface area contributed by atoms with Gasteiger partial charge in [-0.3, -0.25) is 0 Å². The Balaban J connectivity index is 1.69. The van der Waals surface area contributed by atoms with Crippen LogP contribution in [-0.4, -0.2) is 13.4 Å². The summed E-state index contributed by atoms with van der Waals surface area (Å²) in [6.45, 7) is 2.13. The molecule has 1 aliphatic carbocycles. The largest absolute Gasteiger partial charge is 0.245 e. The van der Waals surface area contributed by atoms with Crippen molar-refractivity contribution in [2.45, 2.75) is 37.1 Å². The maximum atomic E-state index is 12.2. The zero-order chi connectivity index (χ0) is 14.2. The average Bonchev–Trinajstić information content (AvgIpc) is 3.16. The number of rotatable bonds is 5. The Labute approximate surface area is 122 Å². The van der Waals surface area contributed by atoms with Gasteiger partial charge in [-0.15, -0.1) is 11.3 Å². The van der Waals surface area contributed by atoms with Crippen LogP contribution in [0.25, 0.3) is 0 Å². The Hall–Kier alpha value is -1.24. The lowest BCUT2D eigenvalue weighted by molar-refractivity contribution is 0.580. The number of hydrogen-bond donors (Lipinski definition) is 1. The molecule has 0 saturated heterocycles. The SMILES string of the molecule is Cc1cccc(S(=O)(=O)NCc2csc(C3CC3)n2)c1. The Morgan fingerprint density at radius 1 is 1.40 bits per heavy atom. The van der Waals surface area contributed by atoms with Crippen LogP contribution in [-0.2, 0) is 16.6 Å². The third-order valence-electron chi connectivity index (χ3n) is 3.24. The summed E-state index contributed by atoms with van der Waals surface area (Å²) < 4.78 is 27.0. The number of nitrogens with zero attached hydrogens (tertiary/aromatic N) is 1. The molecule has 1 fully saturated rings. The monoisotopic (exact) mass is 308 g/mol. The van der Waals surface area contributed by atoms with E-state index in [0.717, 1.165) is 16.3 Å². The number of thiazole rings is 1. The summed E-state index contributed by atoms with van der Waals surface area (Å²) in [5.41, 5.74) is 1.73. The highest BCUT2D eigenvalue weighted by Crippen LogP contribution is 2.41. The van der Waals surface area contributed by atoms with Crippen LogP contribution in [0, 0.1) is 6.92 Å². The van der Waals surface area contributed by atoms with Gasteiger partial charge in [-0.05, 0) is 37.5 Å². The van der Waals surface area contributed by atoms with E-state index in [1.54, 1.807) is 29.5 Å². The zero-order valence-corrected chi connectivity index (χ0v) is 12.8. The molecule has 0 spiro atoms. The molecule has 1 heterocycles. The molecule has 0 atom stereocenters. The van der Waals surface area contributed by atoms with Gasteiger partial charge in [0, 0.05) is 11.3 Å². The summed E-state index contributed by atoms with van der Waals surface area (Å²) >= 11 is 1.62. The van der Waals surface area contributed by atoms with Crippen LogP contribution < -0.4 is 4.72 Å². The molecular weight excluding hydrogens is 292 g/mol. The van der Waals surface area contributed by atoms with Crippen LogP contribution in [0.15, 0.2) is 34.5 Å². The molecule has 1 aliphatic rings. The van der Waals surface area contributed by atoms with Gasteiger partial charge in [0.05, 0.1) is 22.1 Å². The Morgan fingerprint density at radius 2 is 2.20 bits per heavy atom. The van der Waals surface area contributed by atoms with Crippen LogP contribution in [0.3, 0.4) is 0 Å². The first kappa shape index (κ1) is 13.7. The lowest BCUT2D eigenvalue weighted by atomic mass is 10.2. The van der Waals surface area contributed by atoms with E-state index in [2.05, 4.69) is 9.71 Å². The van der Waals surface area contributed by atoms with Gasteiger partial charge in [-0.25, -0.2) is 18.1 Å². The van der Waals surface area contributed by atoms with Gasteiger partial charge in [0.1, 0.15) is 0 Å². The van der Waals surface area contributed by atoms with Crippen molar-refractivity contribution in [3.05, 3.63) is 45.9 Å². The molecule has 0 radical (unpaired) electrons. The second-order valence-corrected chi connectivity index (χ2v) is 7.75. The predicted octanol–water partition coefficient (Wildman–Crippen LogP) is 2.81. The van der Waals surface area contributed by atoms with E-state index < -0.39 is 10.0 Å². The standard InChI is InChI=1S/C14H16N2O2S2/c1-10-3-2-4-13(7-10)20(17,18)15-8-12-9-19-14(16-12)11-5-6-11/h2-4,7,9,11,15H,5-6,8H2,1H3. The lowest BCUT2D eigenvalue weighted by Gasteiger charge is -2.06. The Morgan fingerprint density at radius 3 is 2.90 bits per heavy atom. The number of aromatic nitrogens is 1. The summed E-state index contributed by atoms with van der Waals surface area (Å²) in [5, 5.41) is 3.07. The second kappa shape index (κ2) is 5.27. The minimum Gasteiger partial charge on any atom is -0.245 e. The summed E-state index contributed by atoms with van der Waals surface area (Å²) in [6, 6.07) is 6.89. The van der Waals surface area contributed by atoms with Crippen molar-refractivity contribution in [2.24, 2.45) is 0 Å². The molecule has 20 heavy (non-hydrogen) atoms. The summed E-state index contributed by atoms with van der Waals surface area (Å²) in [7, 11) is -3.46. The van der Waals surface area contributed by atoms with Crippen LogP contribution in [0.2, 0.25) is 0 Å². The van der Waals surface area contributed by atoms with Crippen molar-refractivity contribution in [1.82, 2.24) is 9.71 Å². The molecule has 6 heteroatoms. The molecular formula is C14H16N2O2S2. The first-order chi connectivity index (χ1) is 9.54. The van der Waals surface area contributed by atoms with Crippen molar-refractivity contribution in [1.29, 1.82) is 0 Å². The van der Waals surface area contributed by atoms with Gasteiger partial charge in [0.15, 0.2) is 0 Å². The minimum atomic E-state index is -3.46. The van der Waals surface area contributed by atoms with Crippen LogP contribution >= 0.6 is 11.3 Å². The fourth-order valence-electron chi connectivity index (χ4n) is 1.96. The lowest BCUT2D eigenvalue weighted by Crippen LogP contribution is -2.23. The van der Waals surface area contributed by atoms with Crippen molar-refractivity contribution in [2.75, 3.05) is 0 Å². The highest BCUT2D eigenvalue weighted by molar-refractivity contribution is 7.89. The normalized spacial score (nSPS) is 15.4. The third kappa shape index (κ3) is 3.08. The highest BCUT2D eigenvalue weighted by Gasteiger charge is 2.26. The minimum absolute atomic E-state index is 0.249. The topological polar surface area (TPSA) is 59.1 Å². The van der Waals surface area contributed by atoms with Crippen LogP contribution in [0.4, 0.5) is 0 Å². The Bertz CT molecular complexity index is 718. The van der Waals surface area contributed by atoms with E-state index in [1.165, 1.54) is 12.8 Å². The van der Waals surface area contributed by atoms with Crippen molar-refractivity contribution >= 4 is 21.4 Å². The first-order valence-electron chi connectivity index (χ1n) is 6.55. The molecule has 1 aromatic heterocycles. The van der Waals surface area contributed by atoms with Gasteiger partial charge in [0.2, 0.25) is 10.0 Å². The molecule has 1 aromatic carbocycles. The molecule has 0 aliphatic heterocycles. The fourth-order valence-corrected chi connectivity index (χ4v) is 4.05. The Kier molecular flexibility index (Phi) is 3.62.